The van der Waals surface area contributed by atoms with Crippen LogP contribution in [0.4, 0.5) is 0 Å². The van der Waals surface area contributed by atoms with Gasteiger partial charge in [0.1, 0.15) is 0 Å². The van der Waals surface area contributed by atoms with Crippen molar-refractivity contribution in [3.63, 3.8) is 0 Å². The molecule has 0 saturated heterocycles. The molecule has 3 nitrogen and oxygen atoms in total. The van der Waals surface area contributed by atoms with Crippen LogP contribution >= 0.6 is 0 Å². The summed E-state index contributed by atoms with van der Waals surface area (Å²) in [6.45, 7) is 6.71. The molecule has 2 aromatic carbocycles. The van der Waals surface area contributed by atoms with E-state index in [0.29, 0.717) is 12.5 Å². The van der Waals surface area contributed by atoms with E-state index in [-0.39, 0.29) is 5.78 Å². The van der Waals surface area contributed by atoms with Crippen molar-refractivity contribution in [2.24, 2.45) is 0 Å². The maximum atomic E-state index is 12.9. The number of aryl methyl sites for hydroxylation is 1. The van der Waals surface area contributed by atoms with Gasteiger partial charge >= 0.3 is 0 Å². The molecule has 1 aliphatic heterocycles. The zero-order chi connectivity index (χ0) is 22.3. The second-order valence-electron chi connectivity index (χ2n) is 9.02. The number of H-pyrrole nitrogens is 1. The number of carbonyl (C=O) groups is 1. The Labute approximate surface area is 192 Å². The first-order chi connectivity index (χ1) is 15.7. The van der Waals surface area contributed by atoms with Crippen LogP contribution in [0.1, 0.15) is 73.9 Å². The fourth-order valence-corrected chi connectivity index (χ4v) is 5.03. The lowest BCUT2D eigenvalue weighted by Gasteiger charge is -2.33. The number of rotatable bonds is 10. The molecule has 1 aromatic heterocycles. The van der Waals surface area contributed by atoms with Crippen LogP contribution in [-0.4, -0.2) is 34.8 Å². The zero-order valence-electron chi connectivity index (χ0n) is 19.6. The number of carbonyl (C=O) groups excluding carboxylic acids is 1. The Morgan fingerprint density at radius 2 is 1.88 bits per heavy atom. The van der Waals surface area contributed by atoms with Crippen molar-refractivity contribution in [3.8, 4) is 0 Å². The van der Waals surface area contributed by atoms with E-state index in [1.807, 2.05) is 12.1 Å². The highest BCUT2D eigenvalue weighted by molar-refractivity contribution is 6.02. The Morgan fingerprint density at radius 1 is 1.06 bits per heavy atom. The first-order valence-corrected chi connectivity index (χ1v) is 12.3. The van der Waals surface area contributed by atoms with Crippen LogP contribution in [-0.2, 0) is 6.42 Å². The number of aromatic nitrogens is 1. The van der Waals surface area contributed by atoms with Gasteiger partial charge in [-0.3, -0.25) is 9.69 Å². The summed E-state index contributed by atoms with van der Waals surface area (Å²) in [6.07, 6.45) is 11.6. The van der Waals surface area contributed by atoms with Gasteiger partial charge < -0.3 is 4.98 Å². The molecule has 0 spiro atoms. The third kappa shape index (κ3) is 5.21. The van der Waals surface area contributed by atoms with Crippen molar-refractivity contribution in [1.29, 1.82) is 0 Å². The lowest BCUT2D eigenvalue weighted by Crippen LogP contribution is -2.37. The van der Waals surface area contributed by atoms with Gasteiger partial charge in [0.2, 0.25) is 0 Å². The molecule has 0 unspecified atom stereocenters. The zero-order valence-corrected chi connectivity index (χ0v) is 19.6. The number of fused-ring (bicyclic) bond motifs is 1. The second-order valence-corrected chi connectivity index (χ2v) is 9.02. The Hall–Kier alpha value is -2.65. The molecule has 0 radical (unpaired) electrons. The van der Waals surface area contributed by atoms with Crippen molar-refractivity contribution in [1.82, 2.24) is 9.88 Å². The Kier molecular flexibility index (Phi) is 7.59. The molecule has 0 amide bonds. The number of hydrogen-bond acceptors (Lipinski definition) is 2. The molecular weight excluding hydrogens is 392 g/mol. The number of ketones is 1. The maximum Gasteiger partial charge on any atom is 0.162 e. The topological polar surface area (TPSA) is 36.1 Å². The van der Waals surface area contributed by atoms with Gasteiger partial charge in [0.25, 0.3) is 0 Å². The van der Waals surface area contributed by atoms with Crippen LogP contribution in [0.3, 0.4) is 0 Å². The van der Waals surface area contributed by atoms with E-state index in [4.69, 9.17) is 0 Å². The summed E-state index contributed by atoms with van der Waals surface area (Å²) in [6, 6.07) is 17.4. The highest BCUT2D eigenvalue weighted by atomic mass is 16.1. The SMILES string of the molecule is CCC(CC)N1CC=C(c2c[nH]c3ccc(C(=O)CCCCc4ccccc4)cc23)CC1. The lowest BCUT2D eigenvalue weighted by atomic mass is 9.95. The molecule has 0 saturated carbocycles. The first-order valence-electron chi connectivity index (χ1n) is 12.3. The van der Waals surface area contributed by atoms with Gasteiger partial charge in [0.15, 0.2) is 5.78 Å². The van der Waals surface area contributed by atoms with Gasteiger partial charge in [-0.05, 0) is 67.9 Å². The predicted molar refractivity (Wildman–Crippen MR) is 135 cm³/mol. The van der Waals surface area contributed by atoms with E-state index in [2.05, 4.69) is 72.4 Å². The number of hydrogen-bond donors (Lipinski definition) is 1. The number of nitrogens with one attached hydrogen (secondary N) is 1. The summed E-state index contributed by atoms with van der Waals surface area (Å²) in [5, 5.41) is 1.18. The second kappa shape index (κ2) is 10.8. The van der Waals surface area contributed by atoms with Crippen LogP contribution in [0.5, 0.6) is 0 Å². The molecule has 0 fully saturated rings. The smallest absolute Gasteiger partial charge is 0.162 e. The minimum Gasteiger partial charge on any atom is -0.361 e. The van der Waals surface area contributed by atoms with Gasteiger partial charge in [0.05, 0.1) is 0 Å². The van der Waals surface area contributed by atoms with Gasteiger partial charge in [-0.15, -0.1) is 0 Å². The molecule has 168 valence electrons. The van der Waals surface area contributed by atoms with Crippen LogP contribution in [0.2, 0.25) is 0 Å². The molecule has 0 aliphatic carbocycles. The normalized spacial score (nSPS) is 14.8. The van der Waals surface area contributed by atoms with Gasteiger partial charge in [0, 0.05) is 53.8 Å². The lowest BCUT2D eigenvalue weighted by molar-refractivity contribution is 0.0979. The fourth-order valence-electron chi connectivity index (χ4n) is 5.03. The van der Waals surface area contributed by atoms with Crippen LogP contribution in [0, 0.1) is 0 Å². The Morgan fingerprint density at radius 3 is 2.59 bits per heavy atom. The van der Waals surface area contributed by atoms with Gasteiger partial charge in [-0.25, -0.2) is 0 Å². The quantitative estimate of drug-likeness (QED) is 0.278. The van der Waals surface area contributed by atoms with Crippen molar-refractivity contribution in [2.75, 3.05) is 13.1 Å². The summed E-state index contributed by atoms with van der Waals surface area (Å²) in [4.78, 5) is 18.9. The molecule has 0 bridgehead atoms. The minimum absolute atomic E-state index is 0.254. The first kappa shape index (κ1) is 22.5. The van der Waals surface area contributed by atoms with Crippen molar-refractivity contribution in [2.45, 2.75) is 64.8 Å². The van der Waals surface area contributed by atoms with Crippen molar-refractivity contribution >= 4 is 22.3 Å². The maximum absolute atomic E-state index is 12.9. The highest BCUT2D eigenvalue weighted by Crippen LogP contribution is 2.31. The van der Waals surface area contributed by atoms with E-state index < -0.39 is 0 Å². The van der Waals surface area contributed by atoms with E-state index in [0.717, 1.165) is 49.9 Å². The number of Topliss-reactive ketones (excluding diaryl/α,β-unsaturated/α-hetero) is 1. The Bertz CT molecular complexity index is 1060. The molecule has 3 heteroatoms. The van der Waals surface area contributed by atoms with Crippen molar-refractivity contribution in [3.05, 3.63) is 77.5 Å². The number of unbranched alkanes of at least 4 members (excludes halogenated alkanes) is 1. The number of benzene rings is 2. The monoisotopic (exact) mass is 428 g/mol. The Balaban J connectivity index is 1.40. The minimum atomic E-state index is 0.254. The molecule has 2 heterocycles. The molecule has 4 rings (SSSR count). The average Bonchev–Trinajstić information content (AvgIpc) is 3.27. The van der Waals surface area contributed by atoms with E-state index in [9.17, 15) is 4.79 Å². The number of aromatic amines is 1. The molecule has 3 aromatic rings. The third-order valence-corrected chi connectivity index (χ3v) is 7.01. The molecular formula is C29H36N2O. The van der Waals surface area contributed by atoms with Crippen molar-refractivity contribution < 1.29 is 4.79 Å². The largest absolute Gasteiger partial charge is 0.361 e. The van der Waals surface area contributed by atoms with E-state index in [1.165, 1.54) is 34.9 Å². The van der Waals surface area contributed by atoms with Crippen LogP contribution in [0.25, 0.3) is 16.5 Å². The molecule has 0 atom stereocenters. The summed E-state index contributed by atoms with van der Waals surface area (Å²) in [5.74, 6) is 0.254. The molecule has 1 aliphatic rings. The van der Waals surface area contributed by atoms with E-state index >= 15 is 0 Å². The van der Waals surface area contributed by atoms with Crippen LogP contribution < -0.4 is 0 Å². The van der Waals surface area contributed by atoms with Crippen LogP contribution in [0.15, 0.2) is 60.8 Å². The summed E-state index contributed by atoms with van der Waals surface area (Å²) in [5.41, 5.74) is 5.98. The number of nitrogens with zero attached hydrogens (tertiary/aromatic N) is 1. The van der Waals surface area contributed by atoms with Gasteiger partial charge in [-0.2, -0.15) is 0 Å². The highest BCUT2D eigenvalue weighted by Gasteiger charge is 2.20. The molecule has 32 heavy (non-hydrogen) atoms. The summed E-state index contributed by atoms with van der Waals surface area (Å²) >= 11 is 0. The standard InChI is InChI=1S/C29H36N2O/c1-3-25(4-2)31-18-16-23(17-19-31)27-21-30-28-15-14-24(20-26(27)28)29(32)13-9-8-12-22-10-6-5-7-11-22/h5-7,10-11,14-16,20-21,25,30H,3-4,8-9,12-13,17-19H2,1-2H3. The fraction of sp³-hybridized carbons (Fsp3) is 0.414. The van der Waals surface area contributed by atoms with Gasteiger partial charge in [-0.1, -0.05) is 50.3 Å². The summed E-state index contributed by atoms with van der Waals surface area (Å²) in [7, 11) is 0. The van der Waals surface area contributed by atoms with E-state index in [1.54, 1.807) is 0 Å². The average molecular weight is 429 g/mol. The summed E-state index contributed by atoms with van der Waals surface area (Å²) < 4.78 is 0. The predicted octanol–water partition coefficient (Wildman–Crippen LogP) is 7.04. The molecule has 1 N–H and O–H groups in total. The third-order valence-electron chi connectivity index (χ3n) is 7.01.